The third kappa shape index (κ3) is 3.20. The third-order valence-corrected chi connectivity index (χ3v) is 3.80. The molecule has 0 aromatic carbocycles. The number of rotatable bonds is 5. The van der Waals surface area contributed by atoms with Gasteiger partial charge in [-0.2, -0.15) is 0 Å². The Hall–Kier alpha value is -2.77. The van der Waals surface area contributed by atoms with E-state index in [9.17, 15) is 24.0 Å². The number of amides is 4. The Balaban J connectivity index is 1.96. The Morgan fingerprint density at radius 1 is 0.957 bits per heavy atom. The molecule has 0 fully saturated rings. The van der Waals surface area contributed by atoms with Crippen molar-refractivity contribution in [1.29, 1.82) is 0 Å². The monoisotopic (exact) mass is 320 g/mol. The molecular weight excluding hydrogens is 304 g/mol. The van der Waals surface area contributed by atoms with Gasteiger partial charge in [-0.3, -0.25) is 34.6 Å². The van der Waals surface area contributed by atoms with Crippen molar-refractivity contribution in [1.82, 2.24) is 10.6 Å². The molecule has 0 bridgehead atoms. The van der Waals surface area contributed by atoms with Crippen LogP contribution in [0, 0.1) is 0 Å². The van der Waals surface area contributed by atoms with Crippen molar-refractivity contribution < 1.29 is 28.7 Å². The molecule has 0 radical (unpaired) electrons. The van der Waals surface area contributed by atoms with Crippen LogP contribution in [-0.2, 0) is 28.7 Å². The molecule has 0 aromatic heterocycles. The van der Waals surface area contributed by atoms with Crippen LogP contribution in [0.4, 0.5) is 0 Å². The number of carbonyl (C=O) groups is 5. The molecule has 0 saturated heterocycles. The average molecular weight is 320 g/mol. The molecule has 2 aliphatic heterocycles. The summed E-state index contributed by atoms with van der Waals surface area (Å²) in [6.07, 6.45) is -0.916. The van der Waals surface area contributed by atoms with Gasteiger partial charge in [0.15, 0.2) is 0 Å². The first-order valence-corrected chi connectivity index (χ1v) is 7.03. The molecular formula is C15H16N2O6. The van der Waals surface area contributed by atoms with Gasteiger partial charge >= 0.3 is 5.97 Å². The van der Waals surface area contributed by atoms with Crippen molar-refractivity contribution in [3.63, 3.8) is 0 Å². The molecule has 8 nitrogen and oxygen atoms in total. The molecule has 2 rings (SSSR count). The zero-order chi connectivity index (χ0) is 17.3. The van der Waals surface area contributed by atoms with E-state index in [0.717, 1.165) is 0 Å². The summed E-state index contributed by atoms with van der Waals surface area (Å²) in [4.78, 5) is 57.7. The van der Waals surface area contributed by atoms with Gasteiger partial charge in [-0.1, -0.05) is 0 Å². The minimum absolute atomic E-state index is 0.0676. The largest absolute Gasteiger partial charge is 0.458 e. The van der Waals surface area contributed by atoms with Crippen molar-refractivity contribution in [2.75, 3.05) is 0 Å². The maximum absolute atomic E-state index is 11.9. The first-order valence-electron chi connectivity index (χ1n) is 7.03. The van der Waals surface area contributed by atoms with Crippen molar-refractivity contribution in [2.24, 2.45) is 0 Å². The molecule has 0 aliphatic carbocycles. The van der Waals surface area contributed by atoms with Gasteiger partial charge in [0.25, 0.3) is 23.6 Å². The fourth-order valence-corrected chi connectivity index (χ4v) is 2.47. The van der Waals surface area contributed by atoms with Crippen LogP contribution in [0.3, 0.4) is 0 Å². The van der Waals surface area contributed by atoms with E-state index < -0.39 is 35.7 Å². The number of imide groups is 2. The third-order valence-electron chi connectivity index (χ3n) is 3.80. The number of ether oxygens (including phenoxy) is 1. The van der Waals surface area contributed by atoms with Crippen LogP contribution in [0.5, 0.6) is 0 Å². The Kier molecular flexibility index (Phi) is 4.44. The van der Waals surface area contributed by atoms with Crippen molar-refractivity contribution >= 4 is 29.6 Å². The molecule has 0 spiro atoms. The second-order valence-corrected chi connectivity index (χ2v) is 5.34. The Morgan fingerprint density at radius 2 is 1.52 bits per heavy atom. The molecule has 2 aliphatic rings. The number of carbonyl (C=O) groups excluding carboxylic acids is 5. The van der Waals surface area contributed by atoms with E-state index in [1.807, 2.05) is 0 Å². The zero-order valence-electron chi connectivity index (χ0n) is 12.9. The van der Waals surface area contributed by atoms with Gasteiger partial charge < -0.3 is 4.74 Å². The van der Waals surface area contributed by atoms with E-state index in [1.165, 1.54) is 20.8 Å². The van der Waals surface area contributed by atoms with Gasteiger partial charge in [-0.15, -0.1) is 0 Å². The summed E-state index contributed by atoms with van der Waals surface area (Å²) in [5.74, 6) is -2.68. The van der Waals surface area contributed by atoms with E-state index in [4.69, 9.17) is 4.74 Å². The summed E-state index contributed by atoms with van der Waals surface area (Å²) in [7, 11) is 0. The number of nitrogens with one attached hydrogen (secondary N) is 2. The van der Waals surface area contributed by atoms with Gasteiger partial charge in [-0.05, 0) is 27.2 Å². The molecule has 2 heterocycles. The van der Waals surface area contributed by atoms with Crippen LogP contribution < -0.4 is 10.6 Å². The predicted molar refractivity (Wildman–Crippen MR) is 76.5 cm³/mol. The van der Waals surface area contributed by atoms with E-state index in [1.54, 1.807) is 0 Å². The normalized spacial score (nSPS) is 19.3. The van der Waals surface area contributed by atoms with Gasteiger partial charge in [0.1, 0.15) is 6.10 Å². The van der Waals surface area contributed by atoms with Gasteiger partial charge in [0.05, 0.1) is 5.57 Å². The van der Waals surface area contributed by atoms with E-state index in [-0.39, 0.29) is 35.1 Å². The topological polar surface area (TPSA) is 119 Å². The van der Waals surface area contributed by atoms with Crippen LogP contribution in [0.1, 0.15) is 33.6 Å². The fraction of sp³-hybridized carbons (Fsp3) is 0.400. The van der Waals surface area contributed by atoms with E-state index in [2.05, 4.69) is 10.6 Å². The number of hydrogen-bond donors (Lipinski definition) is 2. The standard InChI is InChI=1S/C15H16N2O6/c1-6-9(14(21)16-12(6)19)4-5-10(18)23-8(3)11-7(2)13(20)17-15(11)22/h8H,4-5H2,1-3H3,(H,16,19,21)(H,17,20,22). The summed E-state index contributed by atoms with van der Waals surface area (Å²) >= 11 is 0. The van der Waals surface area contributed by atoms with Gasteiger partial charge in [-0.25, -0.2) is 0 Å². The lowest BCUT2D eigenvalue weighted by molar-refractivity contribution is -0.146. The molecule has 4 amide bonds. The Bertz CT molecular complexity index is 701. The highest BCUT2D eigenvalue weighted by Gasteiger charge is 2.33. The Morgan fingerprint density at radius 3 is 2.00 bits per heavy atom. The first kappa shape index (κ1) is 16.6. The lowest BCUT2D eigenvalue weighted by Crippen LogP contribution is -2.27. The number of esters is 1. The van der Waals surface area contributed by atoms with E-state index in [0.29, 0.717) is 0 Å². The lowest BCUT2D eigenvalue weighted by Gasteiger charge is -2.13. The first-order chi connectivity index (χ1) is 10.7. The molecule has 0 saturated carbocycles. The SMILES string of the molecule is CC1=C(CCC(=O)OC(C)C2=C(C)C(=O)NC2=O)C(=O)NC1=O. The molecule has 1 atom stereocenters. The second kappa shape index (κ2) is 6.15. The molecule has 1 unspecified atom stereocenters. The van der Waals surface area contributed by atoms with Crippen LogP contribution in [-0.4, -0.2) is 35.7 Å². The van der Waals surface area contributed by atoms with Gasteiger partial charge in [0.2, 0.25) is 0 Å². The average Bonchev–Trinajstić information content (AvgIpc) is 2.84. The summed E-state index contributed by atoms with van der Waals surface area (Å²) in [5.41, 5.74) is 0.876. The molecule has 0 aromatic rings. The summed E-state index contributed by atoms with van der Waals surface area (Å²) in [5, 5.41) is 4.26. The zero-order valence-corrected chi connectivity index (χ0v) is 12.9. The number of hydrogen-bond acceptors (Lipinski definition) is 6. The molecule has 122 valence electrons. The molecule has 2 N–H and O–H groups in total. The minimum atomic E-state index is -0.872. The van der Waals surface area contributed by atoms with Crippen LogP contribution in [0.15, 0.2) is 22.3 Å². The smallest absolute Gasteiger partial charge is 0.306 e. The van der Waals surface area contributed by atoms with Crippen molar-refractivity contribution in [2.45, 2.75) is 39.7 Å². The van der Waals surface area contributed by atoms with Crippen LogP contribution in [0.25, 0.3) is 0 Å². The van der Waals surface area contributed by atoms with Crippen molar-refractivity contribution in [3.8, 4) is 0 Å². The van der Waals surface area contributed by atoms with Crippen molar-refractivity contribution in [3.05, 3.63) is 22.3 Å². The van der Waals surface area contributed by atoms with E-state index >= 15 is 0 Å². The minimum Gasteiger partial charge on any atom is -0.458 e. The highest BCUT2D eigenvalue weighted by atomic mass is 16.5. The maximum Gasteiger partial charge on any atom is 0.306 e. The predicted octanol–water partition coefficient (Wildman–Crippen LogP) is -0.356. The van der Waals surface area contributed by atoms with Crippen LogP contribution >= 0.6 is 0 Å². The lowest BCUT2D eigenvalue weighted by atomic mass is 10.1. The fourth-order valence-electron chi connectivity index (χ4n) is 2.47. The highest BCUT2D eigenvalue weighted by molar-refractivity contribution is 6.20. The van der Waals surface area contributed by atoms with Gasteiger partial charge in [0, 0.05) is 23.1 Å². The summed E-state index contributed by atoms with van der Waals surface area (Å²) < 4.78 is 5.13. The summed E-state index contributed by atoms with van der Waals surface area (Å²) in [6, 6.07) is 0. The quantitative estimate of drug-likeness (QED) is 0.528. The molecule has 8 heteroatoms. The highest BCUT2D eigenvalue weighted by Crippen LogP contribution is 2.20. The van der Waals surface area contributed by atoms with Crippen LogP contribution in [0.2, 0.25) is 0 Å². The Labute approximate surface area is 131 Å². The second-order valence-electron chi connectivity index (χ2n) is 5.34. The molecule has 23 heavy (non-hydrogen) atoms. The summed E-state index contributed by atoms with van der Waals surface area (Å²) in [6.45, 7) is 4.47. The maximum atomic E-state index is 11.9.